The minimum absolute atomic E-state index is 0.291. The van der Waals surface area contributed by atoms with Crippen LogP contribution in [0.5, 0.6) is 5.75 Å². The molecule has 0 saturated heterocycles. The summed E-state index contributed by atoms with van der Waals surface area (Å²) < 4.78 is 16.7. The first kappa shape index (κ1) is 12.0. The van der Waals surface area contributed by atoms with Crippen LogP contribution in [-0.2, 0) is 4.57 Å². The van der Waals surface area contributed by atoms with E-state index < -0.39 is 7.52 Å². The molecule has 0 aromatic heterocycles. The van der Waals surface area contributed by atoms with E-state index in [0.29, 0.717) is 17.6 Å². The lowest BCUT2D eigenvalue weighted by Gasteiger charge is -2.12. The molecule has 0 aliphatic carbocycles. The van der Waals surface area contributed by atoms with Gasteiger partial charge in [0.2, 0.25) is 0 Å². The molecule has 5 heteroatoms. The summed E-state index contributed by atoms with van der Waals surface area (Å²) in [6.07, 6.45) is 1.53. The Hall–Kier alpha value is -1.09. The van der Waals surface area contributed by atoms with E-state index in [-0.39, 0.29) is 0 Å². The van der Waals surface area contributed by atoms with Crippen LogP contribution in [0.15, 0.2) is 36.9 Å². The first-order valence-corrected chi connectivity index (χ1v) is 6.09. The number of benzene rings is 1. The van der Waals surface area contributed by atoms with Gasteiger partial charge in [0.15, 0.2) is 0 Å². The van der Waals surface area contributed by atoms with E-state index >= 15 is 0 Å². The molecule has 1 aromatic carbocycles. The van der Waals surface area contributed by atoms with E-state index in [1.807, 2.05) is 0 Å². The van der Waals surface area contributed by atoms with Crippen LogP contribution in [0.25, 0.3) is 0 Å². The van der Waals surface area contributed by atoms with Crippen LogP contribution in [0.3, 0.4) is 0 Å². The number of methoxy groups -OCH3 is 1. The molecule has 0 spiro atoms. The molecule has 1 unspecified atom stereocenters. The first-order valence-electron chi connectivity index (χ1n) is 4.43. The van der Waals surface area contributed by atoms with Crippen molar-refractivity contribution in [3.05, 3.63) is 36.9 Å². The summed E-state index contributed by atoms with van der Waals surface area (Å²) in [6.45, 7) is 3.76. The molecule has 0 aliphatic rings. The summed E-state index contributed by atoms with van der Waals surface area (Å²) in [5.41, 5.74) is 0. The Balaban J connectivity index is 2.85. The second kappa shape index (κ2) is 5.12. The molecule has 82 valence electrons. The third-order valence-corrected chi connectivity index (χ3v) is 3.48. The van der Waals surface area contributed by atoms with Crippen molar-refractivity contribution in [2.24, 2.45) is 0 Å². The van der Waals surface area contributed by atoms with Crippen LogP contribution < -0.4 is 15.1 Å². The quantitative estimate of drug-likeness (QED) is 0.587. The van der Waals surface area contributed by atoms with Gasteiger partial charge in [-0.05, 0) is 24.3 Å². The largest absolute Gasteiger partial charge is 0.497 e. The predicted molar refractivity (Wildman–Crippen MR) is 60.7 cm³/mol. The molecule has 2 N–H and O–H groups in total. The Morgan fingerprint density at radius 1 is 1.53 bits per heavy atom. The lowest BCUT2D eigenvalue weighted by molar-refractivity contribution is 0.415. The maximum absolute atomic E-state index is 11.7. The van der Waals surface area contributed by atoms with Crippen molar-refractivity contribution < 1.29 is 14.2 Å². The minimum Gasteiger partial charge on any atom is -0.497 e. The fourth-order valence-electron chi connectivity index (χ4n) is 1.06. The molecule has 0 aliphatic heterocycles. The summed E-state index contributed by atoms with van der Waals surface area (Å²) in [7, 11) is -1.92. The third-order valence-electron chi connectivity index (χ3n) is 1.87. The van der Waals surface area contributed by atoms with E-state index in [1.54, 1.807) is 31.4 Å². The van der Waals surface area contributed by atoms with Crippen LogP contribution in [0, 0.1) is 0 Å². The molecule has 0 heterocycles. The van der Waals surface area contributed by atoms with E-state index in [4.69, 9.17) is 4.74 Å². The van der Waals surface area contributed by atoms with Crippen molar-refractivity contribution in [1.29, 1.82) is 0 Å². The second-order valence-corrected chi connectivity index (χ2v) is 4.91. The van der Waals surface area contributed by atoms with Gasteiger partial charge in [-0.25, -0.2) is 5.09 Å². The standard InChI is InChI=1S/C10H14NO3P/c1-3-8-11-15(12,13)10-6-4-9(14-2)5-7-10/h3-7H,1,8H2,2H3,(H2,11,12,13). The number of nitrogens with one attached hydrogen (secondary N) is 1. The summed E-state index contributed by atoms with van der Waals surface area (Å²) in [6, 6.07) is 6.42. The molecule has 15 heavy (non-hydrogen) atoms. The van der Waals surface area contributed by atoms with Gasteiger partial charge in [-0.2, -0.15) is 0 Å². The van der Waals surface area contributed by atoms with Gasteiger partial charge in [0, 0.05) is 6.54 Å². The van der Waals surface area contributed by atoms with Crippen LogP contribution in [0.1, 0.15) is 0 Å². The van der Waals surface area contributed by atoms with Gasteiger partial charge in [0.05, 0.1) is 12.4 Å². The second-order valence-electron chi connectivity index (χ2n) is 2.92. The van der Waals surface area contributed by atoms with Crippen molar-refractivity contribution in [2.45, 2.75) is 0 Å². The molecule has 0 saturated carbocycles. The zero-order valence-electron chi connectivity index (χ0n) is 8.51. The van der Waals surface area contributed by atoms with E-state index in [0.717, 1.165) is 0 Å². The predicted octanol–water partition coefficient (Wildman–Crippen LogP) is 1.28. The van der Waals surface area contributed by atoms with E-state index in [2.05, 4.69) is 11.7 Å². The molecule has 1 atom stereocenters. The van der Waals surface area contributed by atoms with Gasteiger partial charge in [-0.3, -0.25) is 4.57 Å². The zero-order valence-corrected chi connectivity index (χ0v) is 9.41. The Morgan fingerprint density at radius 3 is 2.60 bits per heavy atom. The van der Waals surface area contributed by atoms with Gasteiger partial charge in [-0.1, -0.05) is 6.08 Å². The average molecular weight is 227 g/mol. The van der Waals surface area contributed by atoms with Crippen LogP contribution in [-0.4, -0.2) is 18.5 Å². The Labute approximate surface area is 89.1 Å². The highest BCUT2D eigenvalue weighted by Gasteiger charge is 2.19. The van der Waals surface area contributed by atoms with Crippen molar-refractivity contribution in [3.63, 3.8) is 0 Å². The number of rotatable bonds is 5. The maximum Gasteiger partial charge on any atom is 0.297 e. The fourth-order valence-corrected chi connectivity index (χ4v) is 2.18. The molecule has 1 rings (SSSR count). The summed E-state index contributed by atoms with van der Waals surface area (Å²) in [5.74, 6) is 0.655. The molecular weight excluding hydrogens is 213 g/mol. The Morgan fingerprint density at radius 2 is 2.13 bits per heavy atom. The van der Waals surface area contributed by atoms with Crippen LogP contribution in [0.4, 0.5) is 0 Å². The van der Waals surface area contributed by atoms with Crippen molar-refractivity contribution >= 4 is 12.8 Å². The van der Waals surface area contributed by atoms with Gasteiger partial charge < -0.3 is 9.63 Å². The van der Waals surface area contributed by atoms with Crippen LogP contribution >= 0.6 is 7.52 Å². The Kier molecular flexibility index (Phi) is 4.09. The van der Waals surface area contributed by atoms with Gasteiger partial charge in [0.1, 0.15) is 5.75 Å². The number of hydrogen-bond donors (Lipinski definition) is 2. The molecule has 1 aromatic rings. The van der Waals surface area contributed by atoms with E-state index in [9.17, 15) is 9.46 Å². The van der Waals surface area contributed by atoms with Crippen molar-refractivity contribution in [1.82, 2.24) is 5.09 Å². The highest BCUT2D eigenvalue weighted by Crippen LogP contribution is 2.33. The molecule has 4 nitrogen and oxygen atoms in total. The molecule has 0 radical (unpaired) electrons. The molecular formula is C10H14NO3P. The third kappa shape index (κ3) is 3.20. The summed E-state index contributed by atoms with van der Waals surface area (Å²) in [4.78, 5) is 9.64. The SMILES string of the molecule is C=CCNP(=O)(O)c1ccc(OC)cc1. The minimum atomic E-state index is -3.47. The maximum atomic E-state index is 11.7. The summed E-state index contributed by atoms with van der Waals surface area (Å²) in [5, 5.41) is 2.87. The van der Waals surface area contributed by atoms with Crippen molar-refractivity contribution in [3.8, 4) is 5.75 Å². The molecule has 0 bridgehead atoms. The molecule has 0 fully saturated rings. The highest BCUT2D eigenvalue weighted by atomic mass is 31.2. The van der Waals surface area contributed by atoms with Crippen LogP contribution in [0.2, 0.25) is 0 Å². The monoisotopic (exact) mass is 227 g/mol. The fraction of sp³-hybridized carbons (Fsp3) is 0.200. The Bertz CT molecular complexity index is 375. The highest BCUT2D eigenvalue weighted by molar-refractivity contribution is 7.64. The van der Waals surface area contributed by atoms with Gasteiger partial charge in [-0.15, -0.1) is 6.58 Å². The van der Waals surface area contributed by atoms with Gasteiger partial charge in [0.25, 0.3) is 7.52 Å². The normalized spacial score (nSPS) is 14.3. The number of ether oxygens (including phenoxy) is 1. The summed E-state index contributed by atoms with van der Waals surface area (Å²) >= 11 is 0. The molecule has 0 amide bonds. The van der Waals surface area contributed by atoms with Gasteiger partial charge >= 0.3 is 0 Å². The average Bonchev–Trinajstić information content (AvgIpc) is 2.26. The van der Waals surface area contributed by atoms with Crippen molar-refractivity contribution in [2.75, 3.05) is 13.7 Å². The van der Waals surface area contributed by atoms with E-state index in [1.165, 1.54) is 6.08 Å². The first-order chi connectivity index (χ1) is 7.10. The smallest absolute Gasteiger partial charge is 0.297 e. The number of hydrogen-bond acceptors (Lipinski definition) is 2. The topological polar surface area (TPSA) is 58.6 Å². The zero-order chi connectivity index (χ0) is 11.3. The lowest BCUT2D eigenvalue weighted by Crippen LogP contribution is -2.18. The lowest BCUT2D eigenvalue weighted by atomic mass is 10.3.